The Labute approximate surface area is 100 Å². The van der Waals surface area contributed by atoms with E-state index in [1.54, 1.807) is 7.05 Å². The maximum absolute atomic E-state index is 11.9. The smallest absolute Gasteiger partial charge is 0.257 e. The zero-order valence-corrected chi connectivity index (χ0v) is 10.4. The standard InChI is InChI=1S/C9H16N4O3S/c1-13-9(2-3-11-13)17(14,15)12-7-8-6-10-4-5-16-8/h2-3,8,10,12H,4-7H2,1H3. The van der Waals surface area contributed by atoms with Gasteiger partial charge >= 0.3 is 0 Å². The summed E-state index contributed by atoms with van der Waals surface area (Å²) in [5.41, 5.74) is 0. The summed E-state index contributed by atoms with van der Waals surface area (Å²) in [7, 11) is -1.91. The van der Waals surface area contributed by atoms with Crippen LogP contribution in [-0.2, 0) is 21.8 Å². The van der Waals surface area contributed by atoms with E-state index in [1.165, 1.54) is 16.9 Å². The van der Waals surface area contributed by atoms with Crippen LogP contribution >= 0.6 is 0 Å². The Morgan fingerprint density at radius 3 is 3.12 bits per heavy atom. The first-order chi connectivity index (χ1) is 8.09. The molecule has 1 unspecified atom stereocenters. The number of nitrogens with zero attached hydrogens (tertiary/aromatic N) is 2. The Morgan fingerprint density at radius 1 is 1.71 bits per heavy atom. The van der Waals surface area contributed by atoms with Crippen LogP contribution in [0.5, 0.6) is 0 Å². The number of rotatable bonds is 4. The second kappa shape index (κ2) is 5.13. The lowest BCUT2D eigenvalue weighted by atomic mass is 10.3. The molecule has 1 fully saturated rings. The molecule has 0 bridgehead atoms. The quantitative estimate of drug-likeness (QED) is 0.702. The molecule has 1 aromatic rings. The van der Waals surface area contributed by atoms with Crippen LogP contribution in [0.1, 0.15) is 0 Å². The van der Waals surface area contributed by atoms with E-state index in [9.17, 15) is 8.42 Å². The Morgan fingerprint density at radius 2 is 2.53 bits per heavy atom. The largest absolute Gasteiger partial charge is 0.374 e. The van der Waals surface area contributed by atoms with Crippen LogP contribution in [0.25, 0.3) is 0 Å². The van der Waals surface area contributed by atoms with E-state index in [0.29, 0.717) is 13.2 Å². The number of nitrogens with one attached hydrogen (secondary N) is 2. The first-order valence-electron chi connectivity index (χ1n) is 5.39. The summed E-state index contributed by atoms with van der Waals surface area (Å²) in [6.07, 6.45) is 1.33. The fourth-order valence-corrected chi connectivity index (χ4v) is 2.84. The molecule has 0 saturated carbocycles. The third kappa shape index (κ3) is 3.03. The molecular formula is C9H16N4O3S. The molecule has 1 aliphatic rings. The second-order valence-electron chi connectivity index (χ2n) is 3.84. The first kappa shape index (κ1) is 12.5. The summed E-state index contributed by atoms with van der Waals surface area (Å²) in [5, 5.41) is 7.13. The van der Waals surface area contributed by atoms with Crippen LogP contribution < -0.4 is 10.0 Å². The molecule has 1 atom stereocenters. The van der Waals surface area contributed by atoms with Gasteiger partial charge in [-0.15, -0.1) is 0 Å². The highest BCUT2D eigenvalue weighted by molar-refractivity contribution is 7.89. The molecule has 0 aliphatic carbocycles. The highest BCUT2D eigenvalue weighted by Gasteiger charge is 2.21. The lowest BCUT2D eigenvalue weighted by Gasteiger charge is -2.23. The van der Waals surface area contributed by atoms with Crippen molar-refractivity contribution in [1.82, 2.24) is 19.8 Å². The number of aromatic nitrogens is 2. The average molecular weight is 260 g/mol. The van der Waals surface area contributed by atoms with E-state index < -0.39 is 10.0 Å². The van der Waals surface area contributed by atoms with Gasteiger partial charge in [0.2, 0.25) is 0 Å². The van der Waals surface area contributed by atoms with Crippen molar-refractivity contribution in [3.63, 3.8) is 0 Å². The Kier molecular flexibility index (Phi) is 3.77. The van der Waals surface area contributed by atoms with Gasteiger partial charge in [0.05, 0.1) is 18.9 Å². The number of morpholine rings is 1. The summed E-state index contributed by atoms with van der Waals surface area (Å²) in [6, 6.07) is 1.46. The number of hydrogen-bond acceptors (Lipinski definition) is 5. The van der Waals surface area contributed by atoms with Gasteiger partial charge in [0.25, 0.3) is 10.0 Å². The van der Waals surface area contributed by atoms with Gasteiger partial charge in [0.15, 0.2) is 5.03 Å². The van der Waals surface area contributed by atoms with Gasteiger partial charge in [-0.2, -0.15) is 5.10 Å². The van der Waals surface area contributed by atoms with Crippen LogP contribution in [0.15, 0.2) is 17.3 Å². The average Bonchev–Trinajstić information content (AvgIpc) is 2.75. The van der Waals surface area contributed by atoms with Gasteiger partial charge in [-0.1, -0.05) is 0 Å². The van der Waals surface area contributed by atoms with Crippen molar-refractivity contribution in [3.05, 3.63) is 12.3 Å². The summed E-state index contributed by atoms with van der Waals surface area (Å²) < 4.78 is 33.1. The Balaban J connectivity index is 1.96. The molecule has 0 spiro atoms. The van der Waals surface area contributed by atoms with Crippen molar-refractivity contribution in [2.75, 3.05) is 26.2 Å². The molecule has 0 amide bonds. The summed E-state index contributed by atoms with van der Waals surface area (Å²) in [4.78, 5) is 0. The fourth-order valence-electron chi connectivity index (χ4n) is 1.65. The molecule has 2 N–H and O–H groups in total. The molecule has 96 valence electrons. The molecule has 1 aliphatic heterocycles. The van der Waals surface area contributed by atoms with E-state index in [1.807, 2.05) is 0 Å². The summed E-state index contributed by atoms with van der Waals surface area (Å²) in [5.74, 6) is 0. The number of sulfonamides is 1. The third-order valence-electron chi connectivity index (χ3n) is 2.56. The topological polar surface area (TPSA) is 85.2 Å². The van der Waals surface area contributed by atoms with Crippen LogP contribution in [0, 0.1) is 0 Å². The highest BCUT2D eigenvalue weighted by Crippen LogP contribution is 2.06. The van der Waals surface area contributed by atoms with Crippen LogP contribution in [0.4, 0.5) is 0 Å². The molecule has 0 aromatic carbocycles. The van der Waals surface area contributed by atoms with Crippen molar-refractivity contribution < 1.29 is 13.2 Å². The van der Waals surface area contributed by atoms with E-state index in [2.05, 4.69) is 15.1 Å². The second-order valence-corrected chi connectivity index (χ2v) is 5.56. The fraction of sp³-hybridized carbons (Fsp3) is 0.667. The molecule has 8 heteroatoms. The molecule has 2 heterocycles. The Bertz CT molecular complexity index is 464. The molecule has 17 heavy (non-hydrogen) atoms. The van der Waals surface area contributed by atoms with E-state index in [0.717, 1.165) is 6.54 Å². The highest BCUT2D eigenvalue weighted by atomic mass is 32.2. The van der Waals surface area contributed by atoms with Crippen LogP contribution in [-0.4, -0.2) is 50.5 Å². The normalized spacial score (nSPS) is 21.6. The van der Waals surface area contributed by atoms with Gasteiger partial charge in [-0.25, -0.2) is 13.1 Å². The summed E-state index contributed by atoms with van der Waals surface area (Å²) in [6.45, 7) is 2.34. The van der Waals surface area contributed by atoms with E-state index in [-0.39, 0.29) is 17.7 Å². The van der Waals surface area contributed by atoms with Gasteiger partial charge < -0.3 is 10.1 Å². The number of hydrogen-bond donors (Lipinski definition) is 2. The van der Waals surface area contributed by atoms with E-state index >= 15 is 0 Å². The first-order valence-corrected chi connectivity index (χ1v) is 6.88. The number of aryl methyl sites for hydroxylation is 1. The molecule has 0 radical (unpaired) electrons. The molecular weight excluding hydrogens is 244 g/mol. The third-order valence-corrected chi connectivity index (χ3v) is 4.05. The lowest BCUT2D eigenvalue weighted by Crippen LogP contribution is -2.45. The molecule has 2 rings (SSSR count). The minimum atomic E-state index is -3.50. The predicted octanol–water partition coefficient (Wildman–Crippen LogP) is -1.31. The van der Waals surface area contributed by atoms with Crippen molar-refractivity contribution in [2.45, 2.75) is 11.1 Å². The number of ether oxygens (including phenoxy) is 1. The molecule has 7 nitrogen and oxygen atoms in total. The van der Waals surface area contributed by atoms with Crippen molar-refractivity contribution in [2.24, 2.45) is 7.05 Å². The predicted molar refractivity (Wildman–Crippen MR) is 61.0 cm³/mol. The van der Waals surface area contributed by atoms with Gasteiger partial charge in [0.1, 0.15) is 0 Å². The molecule has 1 saturated heterocycles. The van der Waals surface area contributed by atoms with Gasteiger partial charge in [-0.3, -0.25) is 4.68 Å². The van der Waals surface area contributed by atoms with Crippen molar-refractivity contribution in [1.29, 1.82) is 0 Å². The van der Waals surface area contributed by atoms with Gasteiger partial charge in [0, 0.05) is 26.7 Å². The van der Waals surface area contributed by atoms with Crippen LogP contribution in [0.3, 0.4) is 0 Å². The zero-order chi connectivity index (χ0) is 12.3. The maximum atomic E-state index is 11.9. The van der Waals surface area contributed by atoms with E-state index in [4.69, 9.17) is 4.74 Å². The SMILES string of the molecule is Cn1nccc1S(=O)(=O)NCC1CNCCO1. The minimum absolute atomic E-state index is 0.119. The summed E-state index contributed by atoms with van der Waals surface area (Å²) >= 11 is 0. The van der Waals surface area contributed by atoms with Crippen molar-refractivity contribution >= 4 is 10.0 Å². The van der Waals surface area contributed by atoms with Gasteiger partial charge in [-0.05, 0) is 6.07 Å². The monoisotopic (exact) mass is 260 g/mol. The van der Waals surface area contributed by atoms with Crippen LogP contribution in [0.2, 0.25) is 0 Å². The maximum Gasteiger partial charge on any atom is 0.257 e. The minimum Gasteiger partial charge on any atom is -0.374 e. The zero-order valence-electron chi connectivity index (χ0n) is 9.59. The molecule has 1 aromatic heterocycles. The lowest BCUT2D eigenvalue weighted by molar-refractivity contribution is 0.0324. The Hall–Kier alpha value is -0.960. The van der Waals surface area contributed by atoms with Crippen molar-refractivity contribution in [3.8, 4) is 0 Å².